The van der Waals surface area contributed by atoms with Crippen LogP contribution in [0.5, 0.6) is 0 Å². The zero-order chi connectivity index (χ0) is 12.0. The van der Waals surface area contributed by atoms with Crippen LogP contribution in [-0.2, 0) is 13.0 Å². The highest BCUT2D eigenvalue weighted by Gasteiger charge is 2.01. The monoisotopic (exact) mass is 286 g/mol. The quantitative estimate of drug-likeness (QED) is 0.631. The zero-order valence-corrected chi connectivity index (χ0v) is 10.9. The maximum Gasteiger partial charge on any atom is 0.0902 e. The van der Waals surface area contributed by atoms with Gasteiger partial charge < -0.3 is 5.32 Å². The molecule has 0 bridgehead atoms. The Morgan fingerprint density at radius 1 is 1.50 bits per heavy atom. The van der Waals surface area contributed by atoms with Crippen LogP contribution >= 0.6 is 15.9 Å². The van der Waals surface area contributed by atoms with E-state index >= 15 is 0 Å². The first-order valence-corrected chi connectivity index (χ1v) is 6.05. The molecule has 0 unspecified atom stereocenters. The predicted octanol–water partition coefficient (Wildman–Crippen LogP) is 3.44. The van der Waals surface area contributed by atoms with Gasteiger partial charge in [-0.15, -0.1) is 0 Å². The molecule has 2 nitrogen and oxygen atoms in total. The first kappa shape index (κ1) is 13.2. The molecule has 0 fully saturated rings. The van der Waals surface area contributed by atoms with E-state index in [1.807, 2.05) is 18.2 Å². The van der Waals surface area contributed by atoms with Gasteiger partial charge in [-0.1, -0.05) is 28.1 Å². The minimum Gasteiger partial charge on any atom is -0.370 e. The molecule has 0 amide bonds. The summed E-state index contributed by atoms with van der Waals surface area (Å²) >= 11 is 3.48. The average Bonchev–Trinajstić information content (AvgIpc) is 2.25. The number of hydrogen-bond donors (Lipinski definition) is 2. The van der Waals surface area contributed by atoms with E-state index in [-0.39, 0.29) is 6.67 Å². The second-order valence-corrected chi connectivity index (χ2v) is 4.55. The Bertz CT molecular complexity index is 366. The first-order chi connectivity index (χ1) is 7.63. The van der Waals surface area contributed by atoms with Crippen molar-refractivity contribution in [1.29, 1.82) is 5.41 Å². The number of benzene rings is 1. The number of halogens is 2. The lowest BCUT2D eigenvalue weighted by molar-refractivity contribution is 0.473. The number of hydrogen-bond acceptors (Lipinski definition) is 1. The fourth-order valence-corrected chi connectivity index (χ4v) is 2.02. The molecule has 0 aliphatic heterocycles. The van der Waals surface area contributed by atoms with Gasteiger partial charge in [-0.05, 0) is 37.0 Å². The fourth-order valence-electron chi connectivity index (χ4n) is 1.40. The minimum atomic E-state index is -0.275. The van der Waals surface area contributed by atoms with Crippen molar-refractivity contribution >= 4 is 21.8 Å². The van der Waals surface area contributed by atoms with Crippen molar-refractivity contribution in [1.82, 2.24) is 5.32 Å². The van der Waals surface area contributed by atoms with E-state index < -0.39 is 0 Å². The van der Waals surface area contributed by atoms with Crippen LogP contribution in [0.2, 0.25) is 0 Å². The lowest BCUT2D eigenvalue weighted by Gasteiger charge is -2.08. The van der Waals surface area contributed by atoms with Gasteiger partial charge in [0.25, 0.3) is 0 Å². The van der Waals surface area contributed by atoms with E-state index in [9.17, 15) is 4.39 Å². The molecular formula is C12H16BrFN2. The Labute approximate surface area is 104 Å². The zero-order valence-electron chi connectivity index (χ0n) is 9.32. The smallest absolute Gasteiger partial charge is 0.0902 e. The van der Waals surface area contributed by atoms with Gasteiger partial charge in [0, 0.05) is 11.0 Å². The lowest BCUT2D eigenvalue weighted by Crippen LogP contribution is -2.18. The van der Waals surface area contributed by atoms with Crippen molar-refractivity contribution in [3.63, 3.8) is 0 Å². The van der Waals surface area contributed by atoms with Crippen molar-refractivity contribution in [3.8, 4) is 0 Å². The third kappa shape index (κ3) is 4.31. The summed E-state index contributed by atoms with van der Waals surface area (Å²) in [4.78, 5) is 0. The Morgan fingerprint density at radius 3 is 2.81 bits per heavy atom. The molecule has 0 spiro atoms. The average molecular weight is 287 g/mol. The summed E-state index contributed by atoms with van der Waals surface area (Å²) in [6, 6.07) is 6.04. The Balaban J connectivity index is 2.63. The van der Waals surface area contributed by atoms with Crippen LogP contribution in [0.1, 0.15) is 24.5 Å². The number of alkyl halides is 1. The van der Waals surface area contributed by atoms with Crippen LogP contribution in [0.25, 0.3) is 0 Å². The van der Waals surface area contributed by atoms with Crippen LogP contribution < -0.4 is 5.32 Å². The topological polar surface area (TPSA) is 35.9 Å². The normalized spacial score (nSPS) is 10.2. The standard InChI is InChI=1S/C12H16BrFN2/c1-9(15)16-8-10-4-5-11(3-2-6-14)12(13)7-10/h4-5,7H,2-3,6,8H2,1H3,(H2,15,16). The largest absolute Gasteiger partial charge is 0.370 e. The number of amidine groups is 1. The van der Waals surface area contributed by atoms with Crippen LogP contribution in [0.15, 0.2) is 22.7 Å². The van der Waals surface area contributed by atoms with E-state index in [0.717, 1.165) is 22.0 Å². The molecule has 2 N–H and O–H groups in total. The van der Waals surface area contributed by atoms with Gasteiger partial charge in [-0.25, -0.2) is 0 Å². The minimum absolute atomic E-state index is 0.275. The fraction of sp³-hybridized carbons (Fsp3) is 0.417. The Kier molecular flexibility index (Phi) is 5.46. The Hall–Kier alpha value is -0.900. The summed E-state index contributed by atoms with van der Waals surface area (Å²) in [5.74, 6) is 0.456. The number of rotatable bonds is 5. The van der Waals surface area contributed by atoms with E-state index in [2.05, 4.69) is 21.2 Å². The molecule has 0 heterocycles. The summed E-state index contributed by atoms with van der Waals surface area (Å²) in [6.07, 6.45) is 1.32. The number of nitrogens with one attached hydrogen (secondary N) is 2. The van der Waals surface area contributed by atoms with Crippen LogP contribution in [0, 0.1) is 5.41 Å². The highest BCUT2D eigenvalue weighted by atomic mass is 79.9. The molecule has 0 aliphatic carbocycles. The third-order valence-corrected chi connectivity index (χ3v) is 2.99. The molecule has 0 saturated carbocycles. The van der Waals surface area contributed by atoms with Gasteiger partial charge in [0.2, 0.25) is 0 Å². The molecule has 1 rings (SSSR count). The molecule has 0 atom stereocenters. The molecule has 0 aliphatic rings. The summed E-state index contributed by atoms with van der Waals surface area (Å²) in [5, 5.41) is 10.2. The van der Waals surface area contributed by atoms with Crippen LogP contribution in [0.3, 0.4) is 0 Å². The van der Waals surface area contributed by atoms with Gasteiger partial charge in [0.05, 0.1) is 12.5 Å². The van der Waals surface area contributed by atoms with E-state index in [0.29, 0.717) is 18.8 Å². The molecule has 4 heteroatoms. The van der Waals surface area contributed by atoms with Crippen molar-refractivity contribution in [2.45, 2.75) is 26.3 Å². The van der Waals surface area contributed by atoms with Gasteiger partial charge in [-0.2, -0.15) is 0 Å². The highest BCUT2D eigenvalue weighted by Crippen LogP contribution is 2.20. The molecule has 0 saturated heterocycles. The second-order valence-electron chi connectivity index (χ2n) is 3.70. The predicted molar refractivity (Wildman–Crippen MR) is 68.7 cm³/mol. The maximum atomic E-state index is 12.1. The molecule has 0 aromatic heterocycles. The Morgan fingerprint density at radius 2 is 2.25 bits per heavy atom. The number of aryl methyl sites for hydroxylation is 1. The van der Waals surface area contributed by atoms with Crippen molar-refractivity contribution in [2.24, 2.45) is 0 Å². The summed E-state index contributed by atoms with van der Waals surface area (Å²) < 4.78 is 13.1. The van der Waals surface area contributed by atoms with Gasteiger partial charge >= 0.3 is 0 Å². The highest BCUT2D eigenvalue weighted by molar-refractivity contribution is 9.10. The van der Waals surface area contributed by atoms with E-state index in [1.165, 1.54) is 0 Å². The van der Waals surface area contributed by atoms with E-state index in [4.69, 9.17) is 5.41 Å². The molecule has 88 valence electrons. The van der Waals surface area contributed by atoms with Crippen molar-refractivity contribution < 1.29 is 4.39 Å². The van der Waals surface area contributed by atoms with Gasteiger partial charge in [0.15, 0.2) is 0 Å². The molecule has 1 aromatic rings. The van der Waals surface area contributed by atoms with E-state index in [1.54, 1.807) is 6.92 Å². The molecule has 0 radical (unpaired) electrons. The summed E-state index contributed by atoms with van der Waals surface area (Å²) in [5.41, 5.74) is 2.25. The van der Waals surface area contributed by atoms with Crippen LogP contribution in [0.4, 0.5) is 4.39 Å². The summed E-state index contributed by atoms with van der Waals surface area (Å²) in [7, 11) is 0. The first-order valence-electron chi connectivity index (χ1n) is 5.25. The molecule has 16 heavy (non-hydrogen) atoms. The van der Waals surface area contributed by atoms with Crippen LogP contribution in [-0.4, -0.2) is 12.5 Å². The van der Waals surface area contributed by atoms with Gasteiger partial charge in [-0.3, -0.25) is 9.80 Å². The summed E-state index contributed by atoms with van der Waals surface area (Å²) in [6.45, 7) is 2.09. The van der Waals surface area contributed by atoms with Crippen molar-refractivity contribution in [3.05, 3.63) is 33.8 Å². The third-order valence-electron chi connectivity index (χ3n) is 2.25. The molecule has 1 aromatic carbocycles. The maximum absolute atomic E-state index is 12.1. The van der Waals surface area contributed by atoms with Crippen molar-refractivity contribution in [2.75, 3.05) is 6.67 Å². The SMILES string of the molecule is CC(=N)NCc1ccc(CCCF)c(Br)c1. The van der Waals surface area contributed by atoms with Gasteiger partial charge in [0.1, 0.15) is 0 Å². The molecular weight excluding hydrogens is 271 g/mol. The lowest BCUT2D eigenvalue weighted by atomic mass is 10.1. The second kappa shape index (κ2) is 6.63.